The monoisotopic (exact) mass is 465 g/mol. The average molecular weight is 465 g/mol. The minimum Gasteiger partial charge on any atom is -0.482 e. The fourth-order valence-electron chi connectivity index (χ4n) is 3.39. The number of carbonyl (C=O) groups excluding carboxylic acids is 2. The molecule has 1 fully saturated rings. The van der Waals surface area contributed by atoms with E-state index >= 15 is 0 Å². The molecule has 3 aromatic rings. The number of carbonyl (C=O) groups is 2. The third-order valence-corrected chi connectivity index (χ3v) is 5.13. The number of aromatic nitrogens is 2. The predicted octanol–water partition coefficient (Wildman–Crippen LogP) is 1.77. The Labute approximate surface area is 194 Å². The molecule has 10 nitrogen and oxygen atoms in total. The van der Waals surface area contributed by atoms with E-state index in [1.807, 2.05) is 6.07 Å². The zero-order valence-corrected chi connectivity index (χ0v) is 18.1. The van der Waals surface area contributed by atoms with Crippen molar-refractivity contribution < 1.29 is 28.9 Å². The van der Waals surface area contributed by atoms with E-state index in [1.54, 1.807) is 54.6 Å². The van der Waals surface area contributed by atoms with Crippen LogP contribution in [0.5, 0.6) is 5.75 Å². The number of amides is 1. The fraction of sp³-hybridized carbons (Fsp3) is 0.250. The topological polar surface area (TPSA) is 129 Å². The van der Waals surface area contributed by atoms with Crippen molar-refractivity contribution in [2.24, 2.45) is 0 Å². The van der Waals surface area contributed by atoms with E-state index in [0.717, 1.165) is 0 Å². The van der Waals surface area contributed by atoms with E-state index in [0.29, 0.717) is 11.3 Å². The Hall–Kier alpha value is -4.02. The molecule has 1 amide bonds. The SMILES string of the molecule is O=C(COc1ccccc1)OC[C@H]1O[C@@H](n2ccc(NC(=O)c3ccccc3)nc2=O)C[C@@H]1O. The Bertz CT molecular complexity index is 1180. The van der Waals surface area contributed by atoms with E-state index in [-0.39, 0.29) is 25.5 Å². The molecule has 4 rings (SSSR count). The van der Waals surface area contributed by atoms with Crippen LogP contribution in [0.2, 0.25) is 0 Å². The van der Waals surface area contributed by atoms with E-state index < -0.39 is 36.0 Å². The summed E-state index contributed by atoms with van der Waals surface area (Å²) in [6.07, 6.45) is -1.01. The van der Waals surface area contributed by atoms with E-state index in [9.17, 15) is 19.5 Å². The van der Waals surface area contributed by atoms with Crippen LogP contribution in [0.1, 0.15) is 23.0 Å². The van der Waals surface area contributed by atoms with Gasteiger partial charge in [-0.15, -0.1) is 0 Å². The van der Waals surface area contributed by atoms with Gasteiger partial charge in [-0.3, -0.25) is 9.36 Å². The fourth-order valence-corrected chi connectivity index (χ4v) is 3.39. The van der Waals surface area contributed by atoms with E-state index in [1.165, 1.54) is 16.8 Å². The molecule has 2 aromatic carbocycles. The van der Waals surface area contributed by atoms with Gasteiger partial charge in [0.25, 0.3) is 5.91 Å². The number of nitrogens with zero attached hydrogens (tertiary/aromatic N) is 2. The van der Waals surface area contributed by atoms with Crippen molar-refractivity contribution in [1.29, 1.82) is 0 Å². The second-order valence-corrected chi connectivity index (χ2v) is 7.54. The number of hydrogen-bond acceptors (Lipinski definition) is 8. The van der Waals surface area contributed by atoms with Crippen molar-refractivity contribution in [3.63, 3.8) is 0 Å². The van der Waals surface area contributed by atoms with Crippen LogP contribution in [-0.4, -0.2) is 52.0 Å². The molecule has 1 aromatic heterocycles. The molecule has 0 aliphatic carbocycles. The molecule has 176 valence electrons. The zero-order valence-electron chi connectivity index (χ0n) is 18.1. The molecule has 3 atom stereocenters. The Morgan fingerprint density at radius 1 is 1.09 bits per heavy atom. The summed E-state index contributed by atoms with van der Waals surface area (Å²) < 4.78 is 17.4. The summed E-state index contributed by atoms with van der Waals surface area (Å²) in [5.74, 6) is -0.374. The van der Waals surface area contributed by atoms with Gasteiger partial charge in [-0.2, -0.15) is 4.98 Å². The quantitative estimate of drug-likeness (QED) is 0.482. The molecule has 0 spiro atoms. The Balaban J connectivity index is 1.29. The van der Waals surface area contributed by atoms with Gasteiger partial charge in [0.1, 0.15) is 30.5 Å². The summed E-state index contributed by atoms with van der Waals surface area (Å²) in [6, 6.07) is 18.8. The first-order valence-electron chi connectivity index (χ1n) is 10.6. The number of hydrogen-bond donors (Lipinski definition) is 2. The molecule has 1 aliphatic rings. The standard InChI is InChI=1S/C24H23N3O7/c28-18-13-21(34-19(18)14-33-22(29)15-32-17-9-5-2-6-10-17)27-12-11-20(26-24(27)31)25-23(30)16-7-3-1-4-8-16/h1-12,18-19,21,28H,13-15H2,(H,25,26,30,31)/t18-,19+,21+/m0/s1. The van der Waals surface area contributed by atoms with Crippen LogP contribution in [0.25, 0.3) is 0 Å². The molecule has 34 heavy (non-hydrogen) atoms. The van der Waals surface area contributed by atoms with Crippen LogP contribution < -0.4 is 15.7 Å². The first-order chi connectivity index (χ1) is 16.5. The molecular weight excluding hydrogens is 442 g/mol. The van der Waals surface area contributed by atoms with Gasteiger partial charge in [0, 0.05) is 18.2 Å². The second-order valence-electron chi connectivity index (χ2n) is 7.54. The molecule has 2 N–H and O–H groups in total. The lowest BCUT2D eigenvalue weighted by Gasteiger charge is -2.16. The lowest BCUT2D eigenvalue weighted by Crippen LogP contribution is -2.30. The molecule has 0 saturated carbocycles. The van der Waals surface area contributed by atoms with E-state index in [4.69, 9.17) is 14.2 Å². The highest BCUT2D eigenvalue weighted by Crippen LogP contribution is 2.28. The molecule has 0 unspecified atom stereocenters. The maximum atomic E-state index is 12.5. The van der Waals surface area contributed by atoms with Crippen molar-refractivity contribution in [3.8, 4) is 5.75 Å². The summed E-state index contributed by atoms with van der Waals surface area (Å²) in [5, 5.41) is 12.9. The first kappa shape index (κ1) is 23.1. The third kappa shape index (κ3) is 5.85. The Morgan fingerprint density at radius 3 is 2.50 bits per heavy atom. The highest BCUT2D eigenvalue weighted by molar-refractivity contribution is 6.03. The lowest BCUT2D eigenvalue weighted by atomic mass is 10.2. The van der Waals surface area contributed by atoms with Gasteiger partial charge in [-0.1, -0.05) is 36.4 Å². The highest BCUT2D eigenvalue weighted by Gasteiger charge is 2.36. The first-order valence-corrected chi connectivity index (χ1v) is 10.6. The number of ether oxygens (including phenoxy) is 3. The van der Waals surface area contributed by atoms with Gasteiger partial charge >= 0.3 is 11.7 Å². The summed E-state index contributed by atoms with van der Waals surface area (Å²) in [5.41, 5.74) is -0.223. The minimum atomic E-state index is -0.947. The number of para-hydroxylation sites is 1. The van der Waals surface area contributed by atoms with Crippen LogP contribution in [-0.2, 0) is 14.3 Å². The summed E-state index contributed by atoms with van der Waals surface area (Å²) in [7, 11) is 0. The molecule has 1 saturated heterocycles. The number of aliphatic hydroxyl groups is 1. The van der Waals surface area contributed by atoms with Crippen LogP contribution >= 0.6 is 0 Å². The number of nitrogens with one attached hydrogen (secondary N) is 1. The van der Waals surface area contributed by atoms with Gasteiger partial charge in [-0.05, 0) is 30.3 Å². The number of anilines is 1. The van der Waals surface area contributed by atoms with Gasteiger partial charge in [0.15, 0.2) is 6.61 Å². The van der Waals surface area contributed by atoms with Crippen molar-refractivity contribution in [2.75, 3.05) is 18.5 Å². The largest absolute Gasteiger partial charge is 0.482 e. The smallest absolute Gasteiger partial charge is 0.351 e. The number of rotatable bonds is 8. The molecule has 0 bridgehead atoms. The van der Waals surface area contributed by atoms with Gasteiger partial charge < -0.3 is 24.6 Å². The predicted molar refractivity (Wildman–Crippen MR) is 120 cm³/mol. The van der Waals surface area contributed by atoms with Crippen LogP contribution in [0.4, 0.5) is 5.82 Å². The Kier molecular flexibility index (Phi) is 7.31. The lowest BCUT2D eigenvalue weighted by molar-refractivity contribution is -0.152. The van der Waals surface area contributed by atoms with Crippen molar-refractivity contribution >= 4 is 17.7 Å². The van der Waals surface area contributed by atoms with Gasteiger partial charge in [0.2, 0.25) is 0 Å². The minimum absolute atomic E-state index is 0.0949. The average Bonchev–Trinajstić information content (AvgIpc) is 3.22. The molecule has 10 heteroatoms. The Morgan fingerprint density at radius 2 is 1.79 bits per heavy atom. The number of aliphatic hydroxyl groups excluding tert-OH is 1. The maximum Gasteiger partial charge on any atom is 0.351 e. The van der Waals surface area contributed by atoms with Crippen LogP contribution in [0, 0.1) is 0 Å². The zero-order chi connectivity index (χ0) is 23.9. The maximum absolute atomic E-state index is 12.5. The van der Waals surface area contributed by atoms with Crippen LogP contribution in [0.15, 0.2) is 77.7 Å². The second kappa shape index (κ2) is 10.7. The number of esters is 1. The molecular formula is C24H23N3O7. The third-order valence-electron chi connectivity index (χ3n) is 5.13. The van der Waals surface area contributed by atoms with E-state index in [2.05, 4.69) is 10.3 Å². The summed E-state index contributed by atoms with van der Waals surface area (Å²) in [6.45, 7) is -0.474. The normalized spacial score (nSPS) is 19.4. The van der Waals surface area contributed by atoms with Gasteiger partial charge in [-0.25, -0.2) is 9.59 Å². The van der Waals surface area contributed by atoms with Crippen LogP contribution in [0.3, 0.4) is 0 Å². The van der Waals surface area contributed by atoms with Gasteiger partial charge in [0.05, 0.1) is 6.10 Å². The summed E-state index contributed by atoms with van der Waals surface area (Å²) >= 11 is 0. The van der Waals surface area contributed by atoms with Crippen molar-refractivity contribution in [2.45, 2.75) is 24.9 Å². The van der Waals surface area contributed by atoms with Crippen molar-refractivity contribution in [1.82, 2.24) is 9.55 Å². The number of benzene rings is 2. The molecule has 0 radical (unpaired) electrons. The molecule has 2 heterocycles. The van der Waals surface area contributed by atoms with Crippen molar-refractivity contribution in [3.05, 3.63) is 89.0 Å². The highest BCUT2D eigenvalue weighted by atomic mass is 16.6. The summed E-state index contributed by atoms with van der Waals surface area (Å²) in [4.78, 5) is 40.5. The molecule has 1 aliphatic heterocycles.